The first kappa shape index (κ1) is 16.6. The van der Waals surface area contributed by atoms with E-state index in [9.17, 15) is 9.59 Å². The second-order valence-electron chi connectivity index (χ2n) is 5.87. The zero-order chi connectivity index (χ0) is 18.0. The van der Waals surface area contributed by atoms with Crippen molar-refractivity contribution in [1.82, 2.24) is 0 Å². The van der Waals surface area contributed by atoms with E-state index in [1.807, 2.05) is 62.4 Å². The summed E-state index contributed by atoms with van der Waals surface area (Å²) < 4.78 is 5.23. The van der Waals surface area contributed by atoms with Crippen molar-refractivity contribution in [3.63, 3.8) is 0 Å². The van der Waals surface area contributed by atoms with Gasteiger partial charge in [-0.15, -0.1) is 0 Å². The van der Waals surface area contributed by atoms with Crippen molar-refractivity contribution in [2.75, 3.05) is 4.90 Å². The Labute approximate surface area is 146 Å². The smallest absolute Gasteiger partial charge is 0.365 e. The van der Waals surface area contributed by atoms with Crippen LogP contribution in [0, 0.1) is 13.8 Å². The number of nitrogens with zero attached hydrogens (tertiary/aromatic N) is 2. The number of hydrogen-bond acceptors (Lipinski definition) is 4. The summed E-state index contributed by atoms with van der Waals surface area (Å²) >= 11 is 0. The van der Waals surface area contributed by atoms with Crippen LogP contribution in [0.1, 0.15) is 23.6 Å². The lowest BCUT2D eigenvalue weighted by molar-refractivity contribution is -0.130. The van der Waals surface area contributed by atoms with Crippen molar-refractivity contribution in [2.45, 2.75) is 20.8 Å². The summed E-state index contributed by atoms with van der Waals surface area (Å²) in [6, 6.07) is 14.9. The van der Waals surface area contributed by atoms with E-state index in [1.54, 1.807) is 0 Å². The largest absolute Gasteiger partial charge is 0.402 e. The van der Waals surface area contributed by atoms with Crippen LogP contribution < -0.4 is 4.90 Å². The highest BCUT2D eigenvalue weighted by molar-refractivity contribution is 6.11. The molecule has 2 aromatic carbocycles. The normalized spacial score (nSPS) is 15.1. The minimum absolute atomic E-state index is 0.0917. The van der Waals surface area contributed by atoms with Gasteiger partial charge in [0.15, 0.2) is 5.70 Å². The molecule has 0 aromatic heterocycles. The molecule has 1 aliphatic heterocycles. The van der Waals surface area contributed by atoms with Crippen LogP contribution >= 0.6 is 0 Å². The Hall–Kier alpha value is -3.21. The van der Waals surface area contributed by atoms with Crippen molar-refractivity contribution >= 4 is 23.5 Å². The molecule has 5 nitrogen and oxygen atoms in total. The molecule has 3 rings (SSSR count). The molecule has 2 aromatic rings. The number of esters is 1. The summed E-state index contributed by atoms with van der Waals surface area (Å²) in [5.41, 5.74) is 3.55. The molecule has 5 heteroatoms. The third-order valence-electron chi connectivity index (χ3n) is 3.84. The van der Waals surface area contributed by atoms with Crippen LogP contribution in [0.5, 0.6) is 0 Å². The molecule has 1 amide bonds. The summed E-state index contributed by atoms with van der Waals surface area (Å²) in [4.78, 5) is 29.9. The van der Waals surface area contributed by atoms with Crippen molar-refractivity contribution in [2.24, 2.45) is 4.99 Å². The molecule has 0 saturated heterocycles. The number of benzene rings is 2. The fourth-order valence-electron chi connectivity index (χ4n) is 2.63. The number of aliphatic imine (C=N–C) groups is 1. The first-order valence-electron chi connectivity index (χ1n) is 7.91. The molecule has 0 aliphatic carbocycles. The van der Waals surface area contributed by atoms with Gasteiger partial charge in [0.2, 0.25) is 11.8 Å². The molecule has 1 aliphatic rings. The van der Waals surface area contributed by atoms with Crippen LogP contribution in [0.25, 0.3) is 0 Å². The predicted octanol–water partition coefficient (Wildman–Crippen LogP) is 3.50. The van der Waals surface area contributed by atoms with Gasteiger partial charge < -0.3 is 4.74 Å². The highest BCUT2D eigenvalue weighted by Crippen LogP contribution is 2.24. The molecule has 0 bridgehead atoms. The number of amides is 1. The van der Waals surface area contributed by atoms with Crippen molar-refractivity contribution < 1.29 is 14.3 Å². The number of carbonyl (C=O) groups is 2. The summed E-state index contributed by atoms with van der Waals surface area (Å²) in [5, 5.41) is 0. The van der Waals surface area contributed by atoms with E-state index in [4.69, 9.17) is 4.74 Å². The molecule has 0 atom stereocenters. The van der Waals surface area contributed by atoms with Crippen molar-refractivity contribution in [3.05, 3.63) is 77.1 Å². The average Bonchev–Trinajstić information content (AvgIpc) is 2.95. The molecule has 0 N–H and O–H groups in total. The lowest BCUT2D eigenvalue weighted by Gasteiger charge is -2.19. The lowest BCUT2D eigenvalue weighted by atomic mass is 10.1. The molecular weight excluding hydrogens is 316 g/mol. The number of aryl methyl sites for hydroxylation is 2. The van der Waals surface area contributed by atoms with Gasteiger partial charge in [0.25, 0.3) is 0 Å². The number of carbonyl (C=O) groups excluding carboxylic acids is 2. The Morgan fingerprint density at radius 1 is 1.12 bits per heavy atom. The molecule has 0 radical (unpaired) electrons. The number of anilines is 1. The standard InChI is InChI=1S/C20H18N2O3/c1-13-9-10-18(14(2)11-13)22(15(3)23)12-17-20(24)25-19(21-17)16-7-5-4-6-8-16/h4-12H,1-3H3/b17-12-. The zero-order valence-corrected chi connectivity index (χ0v) is 14.3. The quantitative estimate of drug-likeness (QED) is 0.637. The van der Waals surface area contributed by atoms with Crippen LogP contribution in [0.15, 0.2) is 65.4 Å². The molecule has 25 heavy (non-hydrogen) atoms. The number of ether oxygens (including phenoxy) is 1. The highest BCUT2D eigenvalue weighted by atomic mass is 16.6. The minimum atomic E-state index is -0.574. The van der Waals surface area contributed by atoms with Gasteiger partial charge in [-0.25, -0.2) is 9.79 Å². The summed E-state index contributed by atoms with van der Waals surface area (Å²) in [6.07, 6.45) is 1.43. The van der Waals surface area contributed by atoms with Crippen molar-refractivity contribution in [1.29, 1.82) is 0 Å². The topological polar surface area (TPSA) is 59.0 Å². The average molecular weight is 334 g/mol. The Morgan fingerprint density at radius 3 is 2.48 bits per heavy atom. The summed E-state index contributed by atoms with van der Waals surface area (Å²) in [6.45, 7) is 5.35. The van der Waals surface area contributed by atoms with Crippen LogP contribution in [0.3, 0.4) is 0 Å². The van der Waals surface area contributed by atoms with Crippen LogP contribution in [0.2, 0.25) is 0 Å². The van der Waals surface area contributed by atoms with Crippen LogP contribution in [-0.4, -0.2) is 17.8 Å². The van der Waals surface area contributed by atoms with E-state index in [-0.39, 0.29) is 17.5 Å². The number of rotatable bonds is 3. The molecule has 1 heterocycles. The number of hydrogen-bond donors (Lipinski definition) is 0. The van der Waals surface area contributed by atoms with Gasteiger partial charge in [-0.3, -0.25) is 9.69 Å². The Balaban J connectivity index is 1.99. The van der Waals surface area contributed by atoms with Gasteiger partial charge >= 0.3 is 5.97 Å². The first-order valence-corrected chi connectivity index (χ1v) is 7.91. The fourth-order valence-corrected chi connectivity index (χ4v) is 2.63. The van der Waals surface area contributed by atoms with Gasteiger partial charge in [0, 0.05) is 18.7 Å². The summed E-state index contributed by atoms with van der Waals surface area (Å²) in [5.74, 6) is -0.550. The molecule has 0 unspecified atom stereocenters. The monoisotopic (exact) mass is 334 g/mol. The predicted molar refractivity (Wildman–Crippen MR) is 96.2 cm³/mol. The maximum Gasteiger partial charge on any atom is 0.365 e. The molecule has 126 valence electrons. The van der Waals surface area contributed by atoms with E-state index in [1.165, 1.54) is 18.0 Å². The lowest BCUT2D eigenvalue weighted by Crippen LogP contribution is -2.24. The second kappa shape index (κ2) is 6.73. The first-order chi connectivity index (χ1) is 12.0. The van der Waals surface area contributed by atoms with Gasteiger partial charge in [-0.05, 0) is 37.6 Å². The Bertz CT molecular complexity index is 898. The van der Waals surface area contributed by atoms with Gasteiger partial charge in [-0.2, -0.15) is 0 Å². The second-order valence-corrected chi connectivity index (χ2v) is 5.87. The highest BCUT2D eigenvalue weighted by Gasteiger charge is 2.26. The fraction of sp³-hybridized carbons (Fsp3) is 0.150. The zero-order valence-electron chi connectivity index (χ0n) is 14.3. The van der Waals surface area contributed by atoms with E-state index >= 15 is 0 Å². The number of cyclic esters (lactones) is 1. The summed E-state index contributed by atoms with van der Waals surface area (Å²) in [7, 11) is 0. The Morgan fingerprint density at radius 2 is 1.84 bits per heavy atom. The van der Waals surface area contributed by atoms with E-state index in [0.29, 0.717) is 11.3 Å². The van der Waals surface area contributed by atoms with E-state index < -0.39 is 5.97 Å². The Kier molecular flexibility index (Phi) is 4.48. The molecular formula is C20H18N2O3. The maximum atomic E-state index is 12.1. The minimum Gasteiger partial charge on any atom is -0.402 e. The van der Waals surface area contributed by atoms with Crippen LogP contribution in [-0.2, 0) is 14.3 Å². The SMILES string of the molecule is CC(=O)N(/C=C1\N=C(c2ccccc2)OC1=O)c1ccc(C)cc1C. The molecule has 0 fully saturated rings. The van der Waals surface area contributed by atoms with Gasteiger partial charge in [0.1, 0.15) is 0 Å². The van der Waals surface area contributed by atoms with E-state index in [2.05, 4.69) is 4.99 Å². The third kappa shape index (κ3) is 3.50. The third-order valence-corrected chi connectivity index (χ3v) is 3.84. The van der Waals surface area contributed by atoms with E-state index in [0.717, 1.165) is 11.1 Å². The van der Waals surface area contributed by atoms with Gasteiger partial charge in [0.05, 0.1) is 5.69 Å². The van der Waals surface area contributed by atoms with Gasteiger partial charge in [-0.1, -0.05) is 35.9 Å². The molecule has 0 spiro atoms. The molecule has 0 saturated carbocycles. The maximum absolute atomic E-state index is 12.1. The van der Waals surface area contributed by atoms with Crippen molar-refractivity contribution in [3.8, 4) is 0 Å². The van der Waals surface area contributed by atoms with Crippen LogP contribution in [0.4, 0.5) is 5.69 Å².